The second-order valence-corrected chi connectivity index (χ2v) is 10.4. The van der Waals surface area contributed by atoms with Crippen LogP contribution in [-0.2, 0) is 9.59 Å². The largest absolute Gasteiger partial charge is 0.273 e. The topological polar surface area (TPSA) is 37.4 Å². The van der Waals surface area contributed by atoms with Crippen molar-refractivity contribution in [3.63, 3.8) is 0 Å². The highest BCUT2D eigenvalue weighted by Gasteiger charge is 2.72. The van der Waals surface area contributed by atoms with Gasteiger partial charge >= 0.3 is 0 Å². The first-order valence-corrected chi connectivity index (χ1v) is 12.5. The van der Waals surface area contributed by atoms with Crippen LogP contribution in [-0.4, -0.2) is 11.8 Å². The van der Waals surface area contributed by atoms with Crippen molar-refractivity contribution in [1.82, 2.24) is 0 Å². The average Bonchev–Trinajstić information content (AvgIpc) is 3.31. The van der Waals surface area contributed by atoms with Crippen LogP contribution in [0.4, 0.5) is 5.69 Å². The number of anilines is 1. The number of carbonyl (C=O) groups is 2. The van der Waals surface area contributed by atoms with Crippen molar-refractivity contribution in [3.05, 3.63) is 118 Å². The molecular weight excluding hydrogens is 486 g/mol. The Hall–Kier alpha value is -3.24. The maximum absolute atomic E-state index is 14.1. The lowest BCUT2D eigenvalue weighted by atomic mass is 9.61. The van der Waals surface area contributed by atoms with E-state index in [9.17, 15) is 9.59 Å². The Morgan fingerprint density at radius 3 is 1.62 bits per heavy atom. The van der Waals surface area contributed by atoms with E-state index in [4.69, 9.17) is 0 Å². The zero-order valence-corrected chi connectivity index (χ0v) is 20.3. The van der Waals surface area contributed by atoms with Gasteiger partial charge in [-0.1, -0.05) is 94.3 Å². The Morgan fingerprint density at radius 2 is 1.15 bits per heavy atom. The van der Waals surface area contributed by atoms with Gasteiger partial charge in [-0.15, -0.1) is 0 Å². The van der Waals surface area contributed by atoms with E-state index in [-0.39, 0.29) is 11.8 Å². The summed E-state index contributed by atoms with van der Waals surface area (Å²) in [6.45, 7) is 0. The summed E-state index contributed by atoms with van der Waals surface area (Å²) in [6, 6.07) is 28.2. The molecule has 3 aromatic carbocycles. The van der Waals surface area contributed by atoms with E-state index in [1.807, 2.05) is 60.7 Å². The minimum atomic E-state index is -0.726. The molecule has 1 aliphatic heterocycles. The maximum atomic E-state index is 14.1. The van der Waals surface area contributed by atoms with E-state index in [1.165, 1.54) is 10.5 Å². The average molecular weight is 510 g/mol. The van der Waals surface area contributed by atoms with Gasteiger partial charge in [-0.3, -0.25) is 9.59 Å². The highest BCUT2D eigenvalue weighted by Crippen LogP contribution is 2.67. The number of imide groups is 1. The monoisotopic (exact) mass is 509 g/mol. The fourth-order valence-electron chi connectivity index (χ4n) is 6.28. The number of amides is 2. The van der Waals surface area contributed by atoms with Gasteiger partial charge in [0.2, 0.25) is 11.8 Å². The van der Waals surface area contributed by atoms with Crippen LogP contribution in [0.1, 0.15) is 36.8 Å². The molecule has 2 amide bonds. The zero-order chi connectivity index (χ0) is 23.3. The minimum Gasteiger partial charge on any atom is -0.273 e. The molecule has 2 fully saturated rings. The van der Waals surface area contributed by atoms with Gasteiger partial charge in [-0.25, -0.2) is 4.90 Å². The molecule has 2 unspecified atom stereocenters. The van der Waals surface area contributed by atoms with Gasteiger partial charge in [0, 0.05) is 4.47 Å². The summed E-state index contributed by atoms with van der Waals surface area (Å²) < 4.78 is 0.923. The lowest BCUT2D eigenvalue weighted by molar-refractivity contribution is -0.132. The standard InChI is InChI=1S/C30H24BrNO2/c31-24-13-15-25(16-14-24)32-27(33)29-17-7-8-18-30(29,28(32)34)20-23(19-29)26(21-9-3-1-4-10-21)22-11-5-2-6-12-22/h1-16H,17-20H2. The number of hydrogen-bond acceptors (Lipinski definition) is 2. The summed E-state index contributed by atoms with van der Waals surface area (Å²) >= 11 is 3.45. The predicted molar refractivity (Wildman–Crippen MR) is 138 cm³/mol. The van der Waals surface area contributed by atoms with Gasteiger partial charge < -0.3 is 0 Å². The predicted octanol–water partition coefficient (Wildman–Crippen LogP) is 6.94. The van der Waals surface area contributed by atoms with Crippen LogP contribution in [0.3, 0.4) is 0 Å². The Kier molecular flexibility index (Phi) is 4.96. The zero-order valence-electron chi connectivity index (χ0n) is 18.7. The molecule has 0 spiro atoms. The first kappa shape index (κ1) is 21.3. The van der Waals surface area contributed by atoms with Crippen molar-refractivity contribution < 1.29 is 9.59 Å². The minimum absolute atomic E-state index is 0.0559. The van der Waals surface area contributed by atoms with Crippen LogP contribution in [0, 0.1) is 10.8 Å². The van der Waals surface area contributed by atoms with Crippen LogP contribution in [0.5, 0.6) is 0 Å². The number of halogens is 1. The Morgan fingerprint density at radius 1 is 0.676 bits per heavy atom. The molecule has 2 atom stereocenters. The molecule has 34 heavy (non-hydrogen) atoms. The first-order valence-electron chi connectivity index (χ1n) is 11.7. The number of benzene rings is 3. The van der Waals surface area contributed by atoms with E-state index < -0.39 is 10.8 Å². The fourth-order valence-corrected chi connectivity index (χ4v) is 6.54. The number of hydrogen-bond donors (Lipinski definition) is 0. The maximum Gasteiger partial charge on any atom is 0.241 e. The summed E-state index contributed by atoms with van der Waals surface area (Å²) in [6.07, 6.45) is 6.61. The Balaban J connectivity index is 1.52. The van der Waals surface area contributed by atoms with Crippen molar-refractivity contribution >= 4 is 39.0 Å². The first-order chi connectivity index (χ1) is 16.6. The number of nitrogens with zero attached hydrogens (tertiary/aromatic N) is 1. The van der Waals surface area contributed by atoms with E-state index >= 15 is 0 Å². The molecule has 1 saturated heterocycles. The summed E-state index contributed by atoms with van der Waals surface area (Å²) in [5, 5.41) is 0. The molecule has 1 saturated carbocycles. The lowest BCUT2D eigenvalue weighted by Gasteiger charge is -2.36. The highest BCUT2D eigenvalue weighted by atomic mass is 79.9. The molecule has 0 radical (unpaired) electrons. The van der Waals surface area contributed by atoms with Crippen LogP contribution in [0.25, 0.3) is 5.57 Å². The second kappa shape index (κ2) is 7.92. The third kappa shape index (κ3) is 2.94. The van der Waals surface area contributed by atoms with Gasteiger partial charge in [0.15, 0.2) is 0 Å². The van der Waals surface area contributed by atoms with Gasteiger partial charge in [-0.2, -0.15) is 0 Å². The summed E-state index contributed by atoms with van der Waals surface area (Å²) in [5.41, 5.74) is 3.83. The SMILES string of the molecule is O=C1N(c2ccc(Br)cc2)C(=O)C23CC=CCC12CC(=C(c1ccccc1)c1ccccc1)C3. The molecule has 0 aromatic heterocycles. The molecule has 1 heterocycles. The third-order valence-electron chi connectivity index (χ3n) is 7.83. The normalized spacial score (nSPS) is 25.4. The summed E-state index contributed by atoms with van der Waals surface area (Å²) in [7, 11) is 0. The Bertz CT molecular complexity index is 1260. The smallest absolute Gasteiger partial charge is 0.241 e. The van der Waals surface area contributed by atoms with Crippen LogP contribution < -0.4 is 4.90 Å². The molecule has 3 aliphatic rings. The van der Waals surface area contributed by atoms with Crippen LogP contribution in [0.15, 0.2) is 107 Å². The van der Waals surface area contributed by atoms with Crippen molar-refractivity contribution in [2.45, 2.75) is 25.7 Å². The van der Waals surface area contributed by atoms with Gasteiger partial charge in [0.25, 0.3) is 0 Å². The van der Waals surface area contributed by atoms with E-state index in [0.29, 0.717) is 31.4 Å². The van der Waals surface area contributed by atoms with Crippen LogP contribution in [0.2, 0.25) is 0 Å². The number of rotatable bonds is 3. The fraction of sp³-hybridized carbons (Fsp3) is 0.200. The number of carbonyl (C=O) groups excluding carboxylic acids is 2. The molecule has 3 nitrogen and oxygen atoms in total. The van der Waals surface area contributed by atoms with Crippen molar-refractivity contribution in [2.24, 2.45) is 10.8 Å². The Labute approximate surface area is 207 Å². The van der Waals surface area contributed by atoms with Gasteiger partial charge in [-0.05, 0) is 66.6 Å². The third-order valence-corrected chi connectivity index (χ3v) is 8.36. The van der Waals surface area contributed by atoms with Gasteiger partial charge in [0.1, 0.15) is 0 Å². The highest BCUT2D eigenvalue weighted by molar-refractivity contribution is 9.10. The van der Waals surface area contributed by atoms with Crippen LogP contribution >= 0.6 is 15.9 Å². The molecule has 6 rings (SSSR count). The molecule has 4 heteroatoms. The second-order valence-electron chi connectivity index (χ2n) is 9.53. The molecule has 168 valence electrons. The lowest BCUT2D eigenvalue weighted by Crippen LogP contribution is -2.41. The quantitative estimate of drug-likeness (QED) is 0.283. The summed E-state index contributed by atoms with van der Waals surface area (Å²) in [4.78, 5) is 29.7. The van der Waals surface area contributed by atoms with E-state index in [2.05, 4.69) is 52.3 Å². The molecule has 3 aromatic rings. The summed E-state index contributed by atoms with van der Waals surface area (Å²) in [5.74, 6) is -0.112. The van der Waals surface area contributed by atoms with Gasteiger partial charge in [0.05, 0.1) is 16.5 Å². The molecule has 0 bridgehead atoms. The van der Waals surface area contributed by atoms with Crippen molar-refractivity contribution in [1.29, 1.82) is 0 Å². The number of allylic oxidation sites excluding steroid dienone is 3. The van der Waals surface area contributed by atoms with Crippen molar-refractivity contribution in [3.8, 4) is 0 Å². The molecular formula is C30H24BrNO2. The molecule has 2 aliphatic carbocycles. The van der Waals surface area contributed by atoms with E-state index in [1.54, 1.807) is 0 Å². The van der Waals surface area contributed by atoms with Crippen molar-refractivity contribution in [2.75, 3.05) is 4.90 Å². The molecule has 0 N–H and O–H groups in total. The van der Waals surface area contributed by atoms with E-state index in [0.717, 1.165) is 21.2 Å².